The molecule has 148 valence electrons. The van der Waals surface area contributed by atoms with Crippen molar-refractivity contribution in [3.63, 3.8) is 0 Å². The largest absolute Gasteiger partial charge is 0.339 e. The highest BCUT2D eigenvalue weighted by Gasteiger charge is 2.20. The summed E-state index contributed by atoms with van der Waals surface area (Å²) in [6, 6.07) is 8.86. The first-order chi connectivity index (χ1) is 13.9. The van der Waals surface area contributed by atoms with Gasteiger partial charge in [-0.05, 0) is 49.6 Å². The minimum atomic E-state index is -0.833. The normalized spacial score (nSPS) is 12.4. The Morgan fingerprint density at radius 2 is 2.00 bits per heavy atom. The van der Waals surface area contributed by atoms with Gasteiger partial charge in [0, 0.05) is 11.1 Å². The summed E-state index contributed by atoms with van der Waals surface area (Å²) in [6.45, 7) is 3.98. The lowest BCUT2D eigenvalue weighted by Crippen LogP contribution is -2.19. The average Bonchev–Trinajstić information content (AvgIpc) is 3.10. The summed E-state index contributed by atoms with van der Waals surface area (Å²) in [4.78, 5) is 16.2. The number of nitrogens with zero attached hydrogens (tertiary/aromatic N) is 3. The molecule has 0 aliphatic heterocycles. The van der Waals surface area contributed by atoms with Crippen LogP contribution in [0.3, 0.4) is 0 Å². The molecule has 29 heavy (non-hydrogen) atoms. The van der Waals surface area contributed by atoms with Gasteiger partial charge in [-0.3, -0.25) is 4.79 Å². The van der Waals surface area contributed by atoms with Crippen LogP contribution in [0.2, 0.25) is 0 Å². The Morgan fingerprint density at radius 1 is 1.31 bits per heavy atom. The quantitative estimate of drug-likeness (QED) is 0.640. The second-order valence-corrected chi connectivity index (χ2v) is 6.63. The number of aromatic nitrogens is 3. The van der Waals surface area contributed by atoms with Gasteiger partial charge < -0.3 is 4.98 Å². The molecule has 5 nitrogen and oxygen atoms in total. The van der Waals surface area contributed by atoms with Crippen LogP contribution < -0.4 is 5.56 Å². The number of aryl methyl sites for hydroxylation is 1. The van der Waals surface area contributed by atoms with E-state index in [1.54, 1.807) is 31.2 Å². The summed E-state index contributed by atoms with van der Waals surface area (Å²) < 4.78 is 28.2. The van der Waals surface area contributed by atoms with Crippen LogP contribution in [-0.4, -0.2) is 21.3 Å². The molecule has 7 heteroatoms. The second kappa shape index (κ2) is 8.23. The minimum Gasteiger partial charge on any atom is -0.339 e. The van der Waals surface area contributed by atoms with Gasteiger partial charge in [0.2, 0.25) is 0 Å². The molecule has 1 N–H and O–H groups in total. The fourth-order valence-electron chi connectivity index (χ4n) is 3.20. The number of benzene rings is 1. The molecule has 1 aromatic carbocycles. The Labute approximate surface area is 166 Å². The zero-order valence-electron chi connectivity index (χ0n) is 16.4. The molecule has 0 radical (unpaired) electrons. The molecule has 2 aromatic heterocycles. The highest BCUT2D eigenvalue weighted by molar-refractivity contribution is 5.81. The van der Waals surface area contributed by atoms with Crippen molar-refractivity contribution in [2.75, 3.05) is 6.67 Å². The van der Waals surface area contributed by atoms with Crippen molar-refractivity contribution in [3.8, 4) is 17.3 Å². The summed E-state index contributed by atoms with van der Waals surface area (Å²) in [5.41, 5.74) is 3.50. The Bertz CT molecular complexity index is 1220. The van der Waals surface area contributed by atoms with Crippen molar-refractivity contribution in [2.24, 2.45) is 0 Å². The number of nitriles is 1. The lowest BCUT2D eigenvalue weighted by Gasteiger charge is -2.09. The van der Waals surface area contributed by atoms with E-state index in [0.29, 0.717) is 40.1 Å². The van der Waals surface area contributed by atoms with Crippen LogP contribution in [0.1, 0.15) is 36.2 Å². The van der Waals surface area contributed by atoms with Crippen molar-refractivity contribution in [3.05, 3.63) is 75.0 Å². The minimum absolute atomic E-state index is 0.235. The zero-order valence-corrected chi connectivity index (χ0v) is 16.4. The van der Waals surface area contributed by atoms with Gasteiger partial charge >= 0.3 is 0 Å². The summed E-state index contributed by atoms with van der Waals surface area (Å²) in [5.74, 6) is -0.451. The van der Waals surface area contributed by atoms with Gasteiger partial charge in [-0.25, -0.2) is 8.78 Å². The topological polar surface area (TPSA) is 74.0 Å². The molecule has 0 saturated heterocycles. The van der Waals surface area contributed by atoms with Crippen LogP contribution in [0.4, 0.5) is 8.78 Å². The van der Waals surface area contributed by atoms with E-state index >= 15 is 0 Å². The molecule has 3 aromatic rings. The van der Waals surface area contributed by atoms with Gasteiger partial charge in [0.1, 0.15) is 12.3 Å². The number of allylic oxidation sites excluding steroid dienone is 4. The van der Waals surface area contributed by atoms with E-state index in [1.165, 1.54) is 23.6 Å². The smallest absolute Gasteiger partial charge is 0.277 e. The van der Waals surface area contributed by atoms with E-state index in [-0.39, 0.29) is 11.1 Å². The average molecular weight is 394 g/mol. The van der Waals surface area contributed by atoms with Crippen LogP contribution in [0, 0.1) is 18.3 Å². The lowest BCUT2D eigenvalue weighted by molar-refractivity contribution is 0.571. The molecular formula is C22H20F2N4O. The van der Waals surface area contributed by atoms with Crippen molar-refractivity contribution in [1.29, 1.82) is 5.26 Å². The van der Waals surface area contributed by atoms with E-state index < -0.39 is 12.5 Å². The maximum absolute atomic E-state index is 13.8. The molecule has 0 bridgehead atoms. The predicted octanol–water partition coefficient (Wildman–Crippen LogP) is 4.66. The van der Waals surface area contributed by atoms with Gasteiger partial charge in [0.05, 0.1) is 28.8 Å². The highest BCUT2D eigenvalue weighted by atomic mass is 19.1. The van der Waals surface area contributed by atoms with E-state index in [9.17, 15) is 13.6 Å². The number of H-pyrrole nitrogens is 1. The monoisotopic (exact) mass is 394 g/mol. The fraction of sp³-hybridized carbons (Fsp3) is 0.227. The third kappa shape index (κ3) is 3.74. The maximum atomic E-state index is 13.8. The Balaban J connectivity index is 2.34. The van der Waals surface area contributed by atoms with E-state index in [2.05, 4.69) is 16.2 Å². The molecule has 3 rings (SSSR count). The molecule has 0 amide bonds. The van der Waals surface area contributed by atoms with Gasteiger partial charge in [0.15, 0.2) is 0 Å². The predicted molar refractivity (Wildman–Crippen MR) is 109 cm³/mol. The van der Waals surface area contributed by atoms with Crippen LogP contribution in [0.15, 0.2) is 47.0 Å². The first-order valence-corrected chi connectivity index (χ1v) is 9.15. The van der Waals surface area contributed by atoms with Crippen LogP contribution in [0.25, 0.3) is 22.5 Å². The van der Waals surface area contributed by atoms with Crippen molar-refractivity contribution < 1.29 is 8.78 Å². The van der Waals surface area contributed by atoms with Crippen molar-refractivity contribution in [2.45, 2.75) is 27.2 Å². The molecule has 0 saturated carbocycles. The molecule has 0 aliphatic rings. The first kappa shape index (κ1) is 20.2. The summed E-state index contributed by atoms with van der Waals surface area (Å²) in [7, 11) is 0. The molecule has 0 fully saturated rings. The second-order valence-electron chi connectivity index (χ2n) is 6.63. The van der Waals surface area contributed by atoms with Crippen LogP contribution >= 0.6 is 0 Å². The number of aromatic amines is 1. The fourth-order valence-corrected chi connectivity index (χ4v) is 3.20. The number of fused-ring (bicyclic) bond motifs is 1. The number of hydrogen-bond donors (Lipinski definition) is 1. The van der Waals surface area contributed by atoms with E-state index in [0.717, 1.165) is 5.56 Å². The Morgan fingerprint density at radius 3 is 2.55 bits per heavy atom. The summed E-state index contributed by atoms with van der Waals surface area (Å²) >= 11 is 0. The van der Waals surface area contributed by atoms with E-state index in [4.69, 9.17) is 5.26 Å². The summed E-state index contributed by atoms with van der Waals surface area (Å²) in [6.07, 6.45) is 3.03. The number of rotatable bonds is 5. The third-order valence-corrected chi connectivity index (χ3v) is 4.71. The van der Waals surface area contributed by atoms with Crippen molar-refractivity contribution in [1.82, 2.24) is 14.6 Å². The standard InChI is InChI=1S/C22H20F2N4O/c1-4-18-19(17(11-23)8-5-13(2)24)21-26-20(14(3)22(29)28(21)27-18)16-9-6-15(12-25)7-10-16/h5-10,26H,4,11H2,1-3H3/b13-5+,17-8+. The Hall–Kier alpha value is -3.53. The Kier molecular flexibility index (Phi) is 5.74. The maximum Gasteiger partial charge on any atom is 0.277 e. The highest BCUT2D eigenvalue weighted by Crippen LogP contribution is 2.27. The van der Waals surface area contributed by atoms with Gasteiger partial charge in [-0.2, -0.15) is 14.9 Å². The molecule has 0 atom stereocenters. The van der Waals surface area contributed by atoms with Gasteiger partial charge in [0.25, 0.3) is 5.56 Å². The van der Waals surface area contributed by atoms with Gasteiger partial charge in [-0.15, -0.1) is 0 Å². The molecule has 2 heterocycles. The number of hydrogen-bond acceptors (Lipinski definition) is 3. The lowest BCUT2D eigenvalue weighted by atomic mass is 10.0. The summed E-state index contributed by atoms with van der Waals surface area (Å²) in [5, 5.41) is 13.3. The number of nitrogens with one attached hydrogen (secondary N) is 1. The molecular weight excluding hydrogens is 374 g/mol. The molecule has 0 unspecified atom stereocenters. The third-order valence-electron chi connectivity index (χ3n) is 4.71. The number of alkyl halides is 1. The first-order valence-electron chi connectivity index (χ1n) is 9.15. The zero-order chi connectivity index (χ0) is 21.1. The molecule has 0 aliphatic carbocycles. The van der Waals surface area contributed by atoms with Gasteiger partial charge in [-0.1, -0.05) is 25.1 Å². The van der Waals surface area contributed by atoms with E-state index in [1.807, 2.05) is 6.92 Å². The van der Waals surface area contributed by atoms with Crippen LogP contribution in [0.5, 0.6) is 0 Å². The SMILES string of the molecule is CCc1nn2c(=O)c(C)c(-c3ccc(C#N)cc3)[nH]c2c1/C(=C/C=C(\C)F)CF. The number of halogens is 2. The van der Waals surface area contributed by atoms with Crippen molar-refractivity contribution >= 4 is 11.2 Å². The molecule has 0 spiro atoms. The van der Waals surface area contributed by atoms with Crippen LogP contribution in [-0.2, 0) is 6.42 Å².